The molecule has 0 atom stereocenters. The summed E-state index contributed by atoms with van der Waals surface area (Å²) in [5.41, 5.74) is 0.700. The highest BCUT2D eigenvalue weighted by molar-refractivity contribution is 7.99. The molecule has 2 N–H and O–H groups in total. The highest BCUT2D eigenvalue weighted by Crippen LogP contribution is 2.33. The van der Waals surface area contributed by atoms with Gasteiger partial charge in [-0.1, -0.05) is 17.8 Å². The van der Waals surface area contributed by atoms with E-state index in [4.69, 9.17) is 4.74 Å². The van der Waals surface area contributed by atoms with Crippen molar-refractivity contribution < 1.29 is 19.1 Å². The lowest BCUT2D eigenvalue weighted by atomic mass is 10.1. The number of allylic oxidation sites excluding steroid dienone is 1. The molecule has 3 heterocycles. The minimum atomic E-state index is -0.602. The molecule has 166 valence electrons. The maximum absolute atomic E-state index is 13.3. The van der Waals surface area contributed by atoms with E-state index in [0.29, 0.717) is 41.5 Å². The van der Waals surface area contributed by atoms with Crippen molar-refractivity contribution in [3.05, 3.63) is 33.4 Å². The van der Waals surface area contributed by atoms with Gasteiger partial charge in [0.2, 0.25) is 5.91 Å². The molecule has 0 saturated heterocycles. The predicted octanol–water partition coefficient (Wildman–Crippen LogP) is 1.71. The summed E-state index contributed by atoms with van der Waals surface area (Å²) in [6.07, 6.45) is 1.76. The Hall–Kier alpha value is -2.86. The van der Waals surface area contributed by atoms with Crippen molar-refractivity contribution in [3.8, 4) is 0 Å². The number of carbonyl (C=O) groups excluding carboxylic acids is 3. The number of urea groups is 1. The predicted molar refractivity (Wildman–Crippen MR) is 119 cm³/mol. The van der Waals surface area contributed by atoms with Crippen LogP contribution in [0.1, 0.15) is 17.4 Å². The number of thioether (sulfide) groups is 1. The molecule has 0 aromatic carbocycles. The van der Waals surface area contributed by atoms with Crippen molar-refractivity contribution in [3.63, 3.8) is 0 Å². The molecule has 2 aromatic rings. The van der Waals surface area contributed by atoms with E-state index < -0.39 is 11.9 Å². The second-order valence-corrected chi connectivity index (χ2v) is 8.60. The third kappa shape index (κ3) is 4.90. The summed E-state index contributed by atoms with van der Waals surface area (Å²) in [5, 5.41) is 5.40. The fourth-order valence-electron chi connectivity index (χ4n) is 3.18. The maximum Gasteiger partial charge on any atom is 0.410 e. The average molecular weight is 466 g/mol. The third-order valence-electron chi connectivity index (χ3n) is 4.58. The van der Waals surface area contributed by atoms with Gasteiger partial charge in [0, 0.05) is 25.0 Å². The van der Waals surface area contributed by atoms with E-state index in [1.807, 2.05) is 0 Å². The van der Waals surface area contributed by atoms with Crippen LogP contribution in [-0.4, -0.2) is 58.4 Å². The SMILES string of the molecule is C=CCn1c(SCC(=O)NC(=O)NC)nc2sc3c(c2c1=O)CCN(C(=O)OCC)C3. The number of thiophene rings is 1. The van der Waals surface area contributed by atoms with Crippen LogP contribution in [0, 0.1) is 0 Å². The zero-order valence-electron chi connectivity index (χ0n) is 17.2. The summed E-state index contributed by atoms with van der Waals surface area (Å²) in [6, 6.07) is -0.602. The normalized spacial score (nSPS) is 12.9. The lowest BCUT2D eigenvalue weighted by molar-refractivity contribution is -0.117. The first-order chi connectivity index (χ1) is 14.9. The van der Waals surface area contributed by atoms with Crippen molar-refractivity contribution >= 4 is 51.3 Å². The number of nitrogens with one attached hydrogen (secondary N) is 2. The van der Waals surface area contributed by atoms with Crippen molar-refractivity contribution in [2.24, 2.45) is 0 Å². The van der Waals surface area contributed by atoms with E-state index in [1.54, 1.807) is 17.9 Å². The highest BCUT2D eigenvalue weighted by atomic mass is 32.2. The lowest BCUT2D eigenvalue weighted by Gasteiger charge is -2.25. The number of nitrogens with zero attached hydrogens (tertiary/aromatic N) is 3. The van der Waals surface area contributed by atoms with Gasteiger partial charge in [0.1, 0.15) is 4.83 Å². The Kier molecular flexibility index (Phi) is 7.33. The van der Waals surface area contributed by atoms with Crippen molar-refractivity contribution in [2.75, 3.05) is 26.0 Å². The van der Waals surface area contributed by atoms with Crippen molar-refractivity contribution in [1.29, 1.82) is 0 Å². The van der Waals surface area contributed by atoms with Gasteiger partial charge in [-0.05, 0) is 18.9 Å². The molecule has 0 unspecified atom stereocenters. The molecule has 10 nitrogen and oxygen atoms in total. The van der Waals surface area contributed by atoms with Crippen LogP contribution < -0.4 is 16.2 Å². The van der Waals surface area contributed by atoms with Gasteiger partial charge >= 0.3 is 12.1 Å². The Bertz CT molecular complexity index is 1090. The van der Waals surface area contributed by atoms with Gasteiger partial charge in [0.15, 0.2) is 5.16 Å². The van der Waals surface area contributed by atoms with Crippen LogP contribution in [0.15, 0.2) is 22.6 Å². The van der Waals surface area contributed by atoms with E-state index in [0.717, 1.165) is 22.2 Å². The minimum absolute atomic E-state index is 0.0791. The first-order valence-electron chi connectivity index (χ1n) is 9.61. The van der Waals surface area contributed by atoms with E-state index in [9.17, 15) is 19.2 Å². The number of rotatable bonds is 6. The molecule has 0 spiro atoms. The number of fused-ring (bicyclic) bond motifs is 3. The molecule has 1 aliphatic heterocycles. The van der Waals surface area contributed by atoms with Gasteiger partial charge in [-0.3, -0.25) is 19.5 Å². The molecule has 0 fully saturated rings. The van der Waals surface area contributed by atoms with Crippen LogP contribution >= 0.6 is 23.1 Å². The molecule has 31 heavy (non-hydrogen) atoms. The van der Waals surface area contributed by atoms with Gasteiger partial charge in [0.05, 0.1) is 24.3 Å². The number of imide groups is 1. The van der Waals surface area contributed by atoms with Gasteiger partial charge in [-0.2, -0.15) is 0 Å². The molecule has 0 aliphatic carbocycles. The first kappa shape index (κ1) is 22.8. The largest absolute Gasteiger partial charge is 0.450 e. The van der Waals surface area contributed by atoms with Crippen LogP contribution in [0.25, 0.3) is 10.2 Å². The van der Waals surface area contributed by atoms with Crippen LogP contribution in [0.2, 0.25) is 0 Å². The number of hydrogen-bond acceptors (Lipinski definition) is 8. The first-order valence-corrected chi connectivity index (χ1v) is 11.4. The smallest absolute Gasteiger partial charge is 0.410 e. The average Bonchev–Trinajstić information content (AvgIpc) is 3.12. The van der Waals surface area contributed by atoms with Crippen LogP contribution in [0.5, 0.6) is 0 Å². The minimum Gasteiger partial charge on any atom is -0.450 e. The molecular formula is C19H23N5O5S2. The third-order valence-corrected chi connectivity index (χ3v) is 6.66. The van der Waals surface area contributed by atoms with E-state index in [2.05, 4.69) is 22.2 Å². The summed E-state index contributed by atoms with van der Waals surface area (Å²) in [7, 11) is 1.41. The molecule has 12 heteroatoms. The Morgan fingerprint density at radius 3 is 2.84 bits per heavy atom. The summed E-state index contributed by atoms with van der Waals surface area (Å²) in [5.74, 6) is -0.580. The summed E-state index contributed by atoms with van der Waals surface area (Å²) >= 11 is 2.43. The van der Waals surface area contributed by atoms with E-state index in [-0.39, 0.29) is 24.0 Å². The summed E-state index contributed by atoms with van der Waals surface area (Å²) in [6.45, 7) is 6.83. The Labute approximate surface area is 186 Å². The van der Waals surface area contributed by atoms with Gasteiger partial charge in [0.25, 0.3) is 5.56 Å². The molecular weight excluding hydrogens is 442 g/mol. The Balaban J connectivity index is 1.93. The zero-order valence-corrected chi connectivity index (χ0v) is 18.9. The molecule has 4 amide bonds. The second kappa shape index (κ2) is 9.96. The Morgan fingerprint density at radius 2 is 2.16 bits per heavy atom. The van der Waals surface area contributed by atoms with Gasteiger partial charge < -0.3 is 15.0 Å². The zero-order chi connectivity index (χ0) is 22.5. The summed E-state index contributed by atoms with van der Waals surface area (Å²) in [4.78, 5) is 56.3. The number of hydrogen-bond donors (Lipinski definition) is 2. The lowest BCUT2D eigenvalue weighted by Crippen LogP contribution is -2.38. The fourth-order valence-corrected chi connectivity index (χ4v) is 5.27. The topological polar surface area (TPSA) is 123 Å². The molecule has 1 aliphatic rings. The molecule has 2 aromatic heterocycles. The quantitative estimate of drug-likeness (QED) is 0.378. The molecule has 0 radical (unpaired) electrons. The van der Waals surface area contributed by atoms with Crippen LogP contribution in [-0.2, 0) is 29.0 Å². The fraction of sp³-hybridized carbons (Fsp3) is 0.421. The van der Waals surface area contributed by atoms with Gasteiger partial charge in [-0.15, -0.1) is 17.9 Å². The van der Waals surface area contributed by atoms with E-state index >= 15 is 0 Å². The number of carbonyl (C=O) groups is 3. The second-order valence-electron chi connectivity index (χ2n) is 6.57. The molecule has 3 rings (SSSR count). The van der Waals surface area contributed by atoms with Crippen LogP contribution in [0.3, 0.4) is 0 Å². The van der Waals surface area contributed by atoms with Gasteiger partial charge in [-0.25, -0.2) is 14.6 Å². The number of ether oxygens (including phenoxy) is 1. The number of amides is 4. The highest BCUT2D eigenvalue weighted by Gasteiger charge is 2.28. The molecule has 0 bridgehead atoms. The number of aromatic nitrogens is 2. The maximum atomic E-state index is 13.3. The molecule has 0 saturated carbocycles. The summed E-state index contributed by atoms with van der Waals surface area (Å²) < 4.78 is 6.55. The standard InChI is InChI=1S/C19H23N5O5S2/c1-4-7-24-16(26)14-11-6-8-23(19(28)29-5-2)9-12(11)31-15(14)22-18(24)30-10-13(25)21-17(27)20-3/h4H,1,5-10H2,2-3H3,(H2,20,21,25,27). The monoisotopic (exact) mass is 465 g/mol. The van der Waals surface area contributed by atoms with Crippen LogP contribution in [0.4, 0.5) is 9.59 Å². The van der Waals surface area contributed by atoms with Crippen molar-refractivity contribution in [2.45, 2.75) is 31.6 Å². The Morgan fingerprint density at radius 1 is 1.39 bits per heavy atom. The van der Waals surface area contributed by atoms with Crippen molar-refractivity contribution in [1.82, 2.24) is 25.1 Å². The van der Waals surface area contributed by atoms with E-state index in [1.165, 1.54) is 23.0 Å².